The van der Waals surface area contributed by atoms with Crippen molar-refractivity contribution in [2.75, 3.05) is 7.05 Å². The molecule has 3 fully saturated rings. The number of carbonyl (C=O) groups excluding carboxylic acids is 2. The van der Waals surface area contributed by atoms with Gasteiger partial charge in [-0.1, -0.05) is 19.9 Å². The molecule has 1 N–H and O–H groups in total. The Morgan fingerprint density at radius 1 is 1.21 bits per heavy atom. The lowest BCUT2D eigenvalue weighted by molar-refractivity contribution is -0.138. The van der Waals surface area contributed by atoms with Crippen LogP contribution in [-0.4, -0.2) is 40.8 Å². The van der Waals surface area contributed by atoms with Gasteiger partial charge in [0.05, 0.1) is 6.20 Å². The molecule has 7 atom stereocenters. The van der Waals surface area contributed by atoms with Crippen molar-refractivity contribution >= 4 is 11.8 Å². The van der Waals surface area contributed by atoms with Gasteiger partial charge in [-0.05, 0) is 67.8 Å². The summed E-state index contributed by atoms with van der Waals surface area (Å²) in [5.41, 5.74) is 0.189. The molecule has 1 aliphatic heterocycles. The Hall–Kier alpha value is -2.11. The van der Waals surface area contributed by atoms with Crippen molar-refractivity contribution in [3.63, 3.8) is 0 Å². The predicted molar refractivity (Wildman–Crippen MR) is 108 cm³/mol. The fourth-order valence-electron chi connectivity index (χ4n) is 7.53. The summed E-state index contributed by atoms with van der Waals surface area (Å²) in [5, 5.41) is 3.26. The molecule has 4 aliphatic rings. The molecule has 1 aromatic rings. The lowest BCUT2D eigenvalue weighted by atomic mass is 9.48. The highest BCUT2D eigenvalue weighted by Crippen LogP contribution is 2.63. The number of fused-ring (bicyclic) bond motifs is 5. The number of hydrogen-bond donors (Lipinski definition) is 1. The van der Waals surface area contributed by atoms with Crippen LogP contribution in [0, 0.1) is 28.6 Å². The van der Waals surface area contributed by atoms with Crippen molar-refractivity contribution in [3.05, 3.63) is 30.5 Å². The first-order valence-electron chi connectivity index (χ1n) is 11.0. The molecule has 3 aliphatic carbocycles. The van der Waals surface area contributed by atoms with Crippen LogP contribution in [0.5, 0.6) is 0 Å². The van der Waals surface area contributed by atoms with E-state index < -0.39 is 0 Å². The van der Waals surface area contributed by atoms with Crippen LogP contribution in [0.4, 0.5) is 0 Å². The molecular weight excluding hydrogens is 366 g/mol. The van der Waals surface area contributed by atoms with E-state index in [2.05, 4.69) is 30.2 Å². The maximum absolute atomic E-state index is 12.6. The summed E-state index contributed by atoms with van der Waals surface area (Å²) in [5.74, 6) is 2.17. The highest BCUT2D eigenvalue weighted by Gasteiger charge is 2.60. The van der Waals surface area contributed by atoms with E-state index in [-0.39, 0.29) is 28.7 Å². The Kier molecular flexibility index (Phi) is 4.20. The second-order valence-electron chi connectivity index (χ2n) is 10.1. The standard InChI is InChI=1S/C23H31N3O3/c1-22-10-8-16-14(4-7-19-23(16,2)11-9-20(27)26(19)3)15(22)5-6-18(22)25-21(28)17-12-24-13-29-17/h9,11-16,18-19H,4-8,10H2,1-3H3,(H,25,28)/t14-,15-,16-,18-,19+,22-,23+/m0/s1. The van der Waals surface area contributed by atoms with Gasteiger partial charge in [-0.25, -0.2) is 4.98 Å². The number of likely N-dealkylation sites (N-methyl/N-ethyl adjacent to an activating group) is 1. The van der Waals surface area contributed by atoms with Crippen LogP contribution in [0.2, 0.25) is 0 Å². The summed E-state index contributed by atoms with van der Waals surface area (Å²) in [7, 11) is 1.96. The van der Waals surface area contributed by atoms with Gasteiger partial charge in [0.15, 0.2) is 6.39 Å². The first-order valence-corrected chi connectivity index (χ1v) is 11.0. The normalized spacial score (nSPS) is 43.5. The molecule has 0 aromatic carbocycles. The van der Waals surface area contributed by atoms with E-state index >= 15 is 0 Å². The second kappa shape index (κ2) is 6.44. The molecular formula is C23H31N3O3. The minimum absolute atomic E-state index is 0.0636. The number of rotatable bonds is 2. The molecule has 2 heterocycles. The Morgan fingerprint density at radius 3 is 2.79 bits per heavy atom. The van der Waals surface area contributed by atoms with E-state index in [1.165, 1.54) is 19.0 Å². The monoisotopic (exact) mass is 397 g/mol. The van der Waals surface area contributed by atoms with E-state index in [0.29, 0.717) is 29.6 Å². The first-order chi connectivity index (χ1) is 13.8. The number of oxazole rings is 1. The van der Waals surface area contributed by atoms with Crippen LogP contribution >= 0.6 is 0 Å². The third kappa shape index (κ3) is 2.63. The molecule has 156 valence electrons. The molecule has 0 spiro atoms. The molecule has 6 heteroatoms. The Morgan fingerprint density at radius 2 is 2.03 bits per heavy atom. The summed E-state index contributed by atoms with van der Waals surface area (Å²) in [6.07, 6.45) is 13.5. The van der Waals surface area contributed by atoms with Crippen molar-refractivity contribution in [2.24, 2.45) is 28.6 Å². The molecule has 3 saturated carbocycles. The fraction of sp³-hybridized carbons (Fsp3) is 0.696. The lowest BCUT2D eigenvalue weighted by Gasteiger charge is -2.60. The van der Waals surface area contributed by atoms with Crippen molar-refractivity contribution in [2.45, 2.75) is 64.5 Å². The summed E-state index contributed by atoms with van der Waals surface area (Å²) in [6.45, 7) is 4.75. The van der Waals surface area contributed by atoms with Gasteiger partial charge in [0.2, 0.25) is 11.7 Å². The smallest absolute Gasteiger partial charge is 0.288 e. The Bertz CT molecular complexity index is 850. The summed E-state index contributed by atoms with van der Waals surface area (Å²) >= 11 is 0. The topological polar surface area (TPSA) is 75.4 Å². The number of nitrogens with one attached hydrogen (secondary N) is 1. The minimum Gasteiger partial charge on any atom is -0.438 e. The molecule has 6 nitrogen and oxygen atoms in total. The predicted octanol–water partition coefficient (Wildman–Crippen LogP) is 3.41. The van der Waals surface area contributed by atoms with E-state index in [1.807, 2.05) is 11.9 Å². The van der Waals surface area contributed by atoms with E-state index in [1.54, 1.807) is 6.08 Å². The quantitative estimate of drug-likeness (QED) is 0.830. The SMILES string of the molecule is CN1C(=O)C=C[C@]2(C)[C@H]3CC[C@]4(C)[C@@H](NC(=O)c5cnco5)CC[C@H]4[C@@H]3CC[C@@H]12. The first kappa shape index (κ1) is 18.9. The van der Waals surface area contributed by atoms with Crippen molar-refractivity contribution in [1.29, 1.82) is 0 Å². The molecule has 0 radical (unpaired) electrons. The van der Waals surface area contributed by atoms with Gasteiger partial charge in [-0.3, -0.25) is 9.59 Å². The number of aromatic nitrogens is 1. The fourth-order valence-corrected chi connectivity index (χ4v) is 7.53. The molecule has 29 heavy (non-hydrogen) atoms. The maximum atomic E-state index is 12.6. The van der Waals surface area contributed by atoms with Crippen LogP contribution < -0.4 is 5.32 Å². The van der Waals surface area contributed by atoms with E-state index in [9.17, 15) is 9.59 Å². The average Bonchev–Trinajstić information content (AvgIpc) is 3.34. The van der Waals surface area contributed by atoms with Crippen LogP contribution in [0.1, 0.15) is 62.9 Å². The number of amides is 2. The second-order valence-corrected chi connectivity index (χ2v) is 10.1. The molecule has 1 aromatic heterocycles. The van der Waals surface area contributed by atoms with Crippen molar-refractivity contribution in [3.8, 4) is 0 Å². The summed E-state index contributed by atoms with van der Waals surface area (Å²) in [4.78, 5) is 30.6. The molecule has 0 bridgehead atoms. The highest BCUT2D eigenvalue weighted by atomic mass is 16.3. The van der Waals surface area contributed by atoms with Crippen LogP contribution in [0.25, 0.3) is 0 Å². The van der Waals surface area contributed by atoms with E-state index in [0.717, 1.165) is 32.1 Å². The van der Waals surface area contributed by atoms with Crippen molar-refractivity contribution in [1.82, 2.24) is 15.2 Å². The number of nitrogens with zero attached hydrogens (tertiary/aromatic N) is 2. The Balaban J connectivity index is 1.38. The largest absolute Gasteiger partial charge is 0.438 e. The lowest BCUT2D eigenvalue weighted by Crippen LogP contribution is -2.60. The molecule has 0 saturated heterocycles. The zero-order chi connectivity index (χ0) is 20.4. The number of carbonyl (C=O) groups is 2. The van der Waals surface area contributed by atoms with Gasteiger partial charge in [0, 0.05) is 24.5 Å². The van der Waals surface area contributed by atoms with Gasteiger partial charge in [0.25, 0.3) is 5.91 Å². The third-order valence-electron chi connectivity index (χ3n) is 9.09. The van der Waals surface area contributed by atoms with Gasteiger partial charge in [-0.2, -0.15) is 0 Å². The van der Waals surface area contributed by atoms with Crippen molar-refractivity contribution < 1.29 is 14.0 Å². The summed E-state index contributed by atoms with van der Waals surface area (Å²) in [6, 6.07) is 0.497. The average molecular weight is 398 g/mol. The van der Waals surface area contributed by atoms with Crippen LogP contribution in [0.15, 0.2) is 29.2 Å². The zero-order valence-electron chi connectivity index (χ0n) is 17.6. The minimum atomic E-state index is -0.150. The van der Waals surface area contributed by atoms with Gasteiger partial charge in [-0.15, -0.1) is 0 Å². The Labute approximate surface area is 172 Å². The van der Waals surface area contributed by atoms with Gasteiger partial charge >= 0.3 is 0 Å². The third-order valence-corrected chi connectivity index (χ3v) is 9.09. The van der Waals surface area contributed by atoms with Gasteiger partial charge < -0.3 is 14.6 Å². The number of hydrogen-bond acceptors (Lipinski definition) is 4. The molecule has 5 rings (SSSR count). The molecule has 0 unspecified atom stereocenters. The highest BCUT2D eigenvalue weighted by molar-refractivity contribution is 5.91. The van der Waals surface area contributed by atoms with Crippen LogP contribution in [0.3, 0.4) is 0 Å². The summed E-state index contributed by atoms with van der Waals surface area (Å²) < 4.78 is 5.19. The zero-order valence-corrected chi connectivity index (χ0v) is 17.6. The maximum Gasteiger partial charge on any atom is 0.288 e. The van der Waals surface area contributed by atoms with Crippen LogP contribution in [-0.2, 0) is 4.79 Å². The van der Waals surface area contributed by atoms with Gasteiger partial charge in [0.1, 0.15) is 0 Å². The molecule has 2 amide bonds. The van der Waals surface area contributed by atoms with E-state index in [4.69, 9.17) is 4.42 Å².